The largest absolute Gasteiger partial charge is 0.460 e. The van der Waals surface area contributed by atoms with Crippen LogP contribution in [0.25, 0.3) is 10.9 Å². The number of carbonyl (C=O) groups is 1. The lowest BCUT2D eigenvalue weighted by molar-refractivity contribution is -0.00280. The second-order valence-corrected chi connectivity index (χ2v) is 11.1. The lowest BCUT2D eigenvalue weighted by Gasteiger charge is -2.47. The number of carbonyl (C=O) groups excluding carboxylic acids is 1. The second-order valence-electron chi connectivity index (χ2n) is 11.1. The number of amides is 1. The van der Waals surface area contributed by atoms with Crippen LogP contribution in [0.5, 0.6) is 6.01 Å². The van der Waals surface area contributed by atoms with Crippen LogP contribution in [-0.2, 0) is 9.47 Å². The van der Waals surface area contributed by atoms with Gasteiger partial charge in [0.2, 0.25) is 0 Å². The first-order valence-electron chi connectivity index (χ1n) is 11.6. The monoisotopic (exact) mass is 476 g/mol. The first kappa shape index (κ1) is 23.0. The van der Waals surface area contributed by atoms with E-state index in [0.717, 1.165) is 18.9 Å². The Morgan fingerprint density at radius 2 is 2.00 bits per heavy atom. The maximum absolute atomic E-state index is 14.7. The Morgan fingerprint density at radius 1 is 1.26 bits per heavy atom. The average molecular weight is 477 g/mol. The fraction of sp³-hybridized carbons (Fsp3) is 0.625. The smallest absolute Gasteiger partial charge is 0.411 e. The molecular formula is C24H30F2N4O4. The lowest BCUT2D eigenvalue weighted by atomic mass is 9.97. The third-order valence-electron chi connectivity index (χ3n) is 6.64. The summed E-state index contributed by atoms with van der Waals surface area (Å²) in [6.07, 6.45) is 1.25. The molecular weight excluding hydrogens is 446 g/mol. The predicted molar refractivity (Wildman–Crippen MR) is 121 cm³/mol. The number of aromatic nitrogens is 2. The van der Waals surface area contributed by atoms with Crippen LogP contribution in [0.1, 0.15) is 47.5 Å². The van der Waals surface area contributed by atoms with Gasteiger partial charge in [-0.3, -0.25) is 4.90 Å². The summed E-state index contributed by atoms with van der Waals surface area (Å²) in [5.74, 6) is -1.09. The highest BCUT2D eigenvalue weighted by molar-refractivity contribution is 5.90. The van der Waals surface area contributed by atoms with Gasteiger partial charge in [0.25, 0.3) is 0 Å². The zero-order valence-electron chi connectivity index (χ0n) is 20.2. The molecule has 1 unspecified atom stereocenters. The molecule has 34 heavy (non-hydrogen) atoms. The highest BCUT2D eigenvalue weighted by Crippen LogP contribution is 2.42. The van der Waals surface area contributed by atoms with Crippen LogP contribution in [0.15, 0.2) is 12.1 Å². The zero-order valence-corrected chi connectivity index (χ0v) is 20.2. The highest BCUT2D eigenvalue weighted by Gasteiger charge is 2.52. The van der Waals surface area contributed by atoms with Crippen molar-refractivity contribution in [1.29, 1.82) is 0 Å². The molecule has 3 aliphatic heterocycles. The van der Waals surface area contributed by atoms with Gasteiger partial charge >= 0.3 is 12.1 Å². The molecule has 3 aliphatic rings. The molecule has 3 fully saturated rings. The van der Waals surface area contributed by atoms with Crippen molar-refractivity contribution in [2.75, 3.05) is 31.2 Å². The molecule has 4 heterocycles. The van der Waals surface area contributed by atoms with Crippen molar-refractivity contribution < 1.29 is 27.8 Å². The molecule has 184 valence electrons. The van der Waals surface area contributed by atoms with Crippen LogP contribution in [0.3, 0.4) is 0 Å². The van der Waals surface area contributed by atoms with Gasteiger partial charge in [0, 0.05) is 24.5 Å². The Bertz CT molecular complexity index is 1150. The normalized spacial score (nSPS) is 28.4. The maximum Gasteiger partial charge on any atom is 0.411 e. The quantitative estimate of drug-likeness (QED) is 0.616. The van der Waals surface area contributed by atoms with Gasteiger partial charge in [-0.1, -0.05) is 0 Å². The van der Waals surface area contributed by atoms with Crippen LogP contribution < -0.4 is 9.64 Å². The van der Waals surface area contributed by atoms with Crippen LogP contribution >= 0.6 is 0 Å². The van der Waals surface area contributed by atoms with Gasteiger partial charge < -0.3 is 19.1 Å². The molecule has 10 heteroatoms. The molecule has 0 N–H and O–H groups in total. The van der Waals surface area contributed by atoms with Crippen LogP contribution in [0.4, 0.5) is 19.4 Å². The number of epoxide rings is 1. The minimum absolute atomic E-state index is 0.00431. The number of piperazine rings is 1. The molecule has 0 aliphatic carbocycles. The van der Waals surface area contributed by atoms with Crippen molar-refractivity contribution in [3.8, 4) is 6.01 Å². The van der Waals surface area contributed by atoms with E-state index >= 15 is 0 Å². The molecule has 1 amide bonds. The molecule has 0 spiro atoms. The van der Waals surface area contributed by atoms with E-state index in [2.05, 4.69) is 9.97 Å². The maximum atomic E-state index is 14.7. The number of ether oxygens (including phenoxy) is 3. The van der Waals surface area contributed by atoms with Gasteiger partial charge in [0.05, 0.1) is 18.2 Å². The zero-order chi connectivity index (χ0) is 24.5. The summed E-state index contributed by atoms with van der Waals surface area (Å²) in [5, 5.41) is 0.271. The number of benzene rings is 1. The fourth-order valence-corrected chi connectivity index (χ4v) is 4.92. The van der Waals surface area contributed by atoms with Gasteiger partial charge in [-0.05, 0) is 53.5 Å². The summed E-state index contributed by atoms with van der Waals surface area (Å²) >= 11 is 0. The molecule has 2 bridgehead atoms. The molecule has 8 nitrogen and oxygen atoms in total. The van der Waals surface area contributed by atoms with E-state index in [1.54, 1.807) is 0 Å². The average Bonchev–Trinajstić information content (AvgIpc) is 3.41. The third kappa shape index (κ3) is 4.23. The van der Waals surface area contributed by atoms with E-state index in [4.69, 9.17) is 14.2 Å². The fourth-order valence-electron chi connectivity index (χ4n) is 4.92. The SMILES string of the molecule is CC(C)(C)OC(=O)N1[C@@H]2CC[C@@]1(C)CN(c1nc(OCC3(C)CO3)nc3c(F)cc(F)cc13)C2. The van der Waals surface area contributed by atoms with E-state index in [1.165, 1.54) is 6.07 Å². The Morgan fingerprint density at radius 3 is 2.65 bits per heavy atom. The molecule has 2 aromatic rings. The number of hydrogen-bond donors (Lipinski definition) is 0. The number of hydrogen-bond acceptors (Lipinski definition) is 7. The van der Waals surface area contributed by atoms with Crippen molar-refractivity contribution in [1.82, 2.24) is 14.9 Å². The summed E-state index contributed by atoms with van der Waals surface area (Å²) < 4.78 is 45.7. The molecule has 0 radical (unpaired) electrons. The number of halogens is 2. The highest BCUT2D eigenvalue weighted by atomic mass is 19.1. The Kier molecular flexibility index (Phi) is 5.16. The number of nitrogens with zero attached hydrogens (tertiary/aromatic N) is 4. The first-order chi connectivity index (χ1) is 15.9. The Balaban J connectivity index is 1.50. The van der Waals surface area contributed by atoms with E-state index in [-0.39, 0.29) is 35.7 Å². The number of fused-ring (bicyclic) bond motifs is 3. The Hall–Kier alpha value is -2.75. The van der Waals surface area contributed by atoms with Crippen molar-refractivity contribution in [3.05, 3.63) is 23.8 Å². The van der Waals surface area contributed by atoms with Gasteiger partial charge in [-0.25, -0.2) is 13.6 Å². The van der Waals surface area contributed by atoms with Crippen LogP contribution in [-0.4, -0.2) is 70.0 Å². The Labute approximate surface area is 197 Å². The van der Waals surface area contributed by atoms with Gasteiger partial charge in [0.15, 0.2) is 5.82 Å². The minimum Gasteiger partial charge on any atom is -0.460 e. The van der Waals surface area contributed by atoms with E-state index in [0.29, 0.717) is 25.5 Å². The molecule has 5 rings (SSSR count). The lowest BCUT2D eigenvalue weighted by Crippen LogP contribution is -2.63. The van der Waals surface area contributed by atoms with Crippen molar-refractivity contribution in [2.24, 2.45) is 0 Å². The van der Waals surface area contributed by atoms with E-state index < -0.39 is 28.4 Å². The van der Waals surface area contributed by atoms with E-state index in [9.17, 15) is 13.6 Å². The van der Waals surface area contributed by atoms with Crippen LogP contribution in [0.2, 0.25) is 0 Å². The van der Waals surface area contributed by atoms with Gasteiger partial charge in [0.1, 0.15) is 35.0 Å². The molecule has 0 saturated carbocycles. The van der Waals surface area contributed by atoms with Crippen molar-refractivity contribution in [2.45, 2.75) is 70.2 Å². The molecule has 3 saturated heterocycles. The van der Waals surface area contributed by atoms with Gasteiger partial charge in [-0.2, -0.15) is 9.97 Å². The summed E-state index contributed by atoms with van der Waals surface area (Å²) in [6.45, 7) is 11.1. The molecule has 1 aromatic carbocycles. The predicted octanol–water partition coefficient (Wildman–Crippen LogP) is 4.05. The van der Waals surface area contributed by atoms with Gasteiger partial charge in [-0.15, -0.1) is 0 Å². The third-order valence-corrected chi connectivity index (χ3v) is 6.64. The first-order valence-corrected chi connectivity index (χ1v) is 11.6. The summed E-state index contributed by atoms with van der Waals surface area (Å²) in [5.41, 5.74) is -1.51. The summed E-state index contributed by atoms with van der Waals surface area (Å²) in [6, 6.07) is 1.95. The molecule has 1 aromatic heterocycles. The minimum atomic E-state index is -0.779. The molecule has 3 atom stereocenters. The van der Waals surface area contributed by atoms with E-state index in [1.807, 2.05) is 44.4 Å². The standard InChI is InChI=1S/C24H30F2N4O4/c1-22(2,3)34-21(31)30-15-6-7-23(30,4)11-29(10-15)19-16-8-14(25)9-17(26)18(16)27-20(28-19)32-12-24(5)13-33-24/h8-9,15H,6-7,10-13H2,1-5H3/t15-,23+,24?/m1/s1. The summed E-state index contributed by atoms with van der Waals surface area (Å²) in [7, 11) is 0. The van der Waals surface area contributed by atoms with Crippen LogP contribution in [0, 0.1) is 11.6 Å². The second kappa shape index (κ2) is 7.63. The topological polar surface area (TPSA) is 80.3 Å². The summed E-state index contributed by atoms with van der Waals surface area (Å²) in [4.78, 5) is 25.6. The van der Waals surface area contributed by atoms with Crippen molar-refractivity contribution in [3.63, 3.8) is 0 Å². The van der Waals surface area contributed by atoms with Crippen molar-refractivity contribution >= 4 is 22.8 Å². The number of anilines is 1. The number of rotatable bonds is 4.